The highest BCUT2D eigenvalue weighted by molar-refractivity contribution is 8.76. The predicted molar refractivity (Wildman–Crippen MR) is 252 cm³/mol. The lowest BCUT2D eigenvalue weighted by Crippen LogP contribution is -2.67. The zero-order valence-electron chi connectivity index (χ0n) is 40.8. The van der Waals surface area contributed by atoms with Crippen molar-refractivity contribution in [1.29, 1.82) is 0 Å². The Morgan fingerprint density at radius 2 is 1.46 bits per heavy atom. The van der Waals surface area contributed by atoms with E-state index in [9.17, 15) is 39.5 Å². The molecule has 0 bridgehead atoms. The van der Waals surface area contributed by atoms with Crippen LogP contribution in [0.4, 0.5) is 43.9 Å². The molecule has 0 amide bonds. The summed E-state index contributed by atoms with van der Waals surface area (Å²) >= 11 is 0. The van der Waals surface area contributed by atoms with Gasteiger partial charge in [-0.3, -0.25) is 0 Å². The van der Waals surface area contributed by atoms with Crippen LogP contribution < -0.4 is 4.74 Å². The topological polar surface area (TPSA) is 58.6 Å². The van der Waals surface area contributed by atoms with Crippen LogP contribution in [0.1, 0.15) is 126 Å². The highest BCUT2D eigenvalue weighted by Gasteiger charge is 2.85. The molecule has 0 unspecified atom stereocenters. The molecule has 1 heterocycles. The van der Waals surface area contributed by atoms with Gasteiger partial charge in [-0.25, -0.2) is 4.39 Å². The largest absolute Gasteiger partial charge is 0.489 e. The summed E-state index contributed by atoms with van der Waals surface area (Å²) in [5.74, 6) is 3.44. The maximum atomic E-state index is 15.3. The van der Waals surface area contributed by atoms with Crippen molar-refractivity contribution in [3.8, 4) is 5.75 Å². The third kappa shape index (κ3) is 14.6. The number of aryl methyl sites for hydroxylation is 1. The minimum Gasteiger partial charge on any atom is -0.489 e. The van der Waals surface area contributed by atoms with E-state index in [1.807, 2.05) is 60.7 Å². The third-order valence-electron chi connectivity index (χ3n) is 14.8. The number of nitrogens with zero attached hydrogens (tertiary/aromatic N) is 1. The van der Waals surface area contributed by atoms with Crippen LogP contribution in [0, 0.1) is 29.0 Å². The summed E-state index contributed by atoms with van der Waals surface area (Å²) in [6.45, 7) is 8.92. The van der Waals surface area contributed by atoms with E-state index < -0.39 is 42.9 Å². The molecular weight excluding hydrogens is 977 g/mol. The first-order chi connectivity index (χ1) is 33.0. The minimum absolute atomic E-state index is 0.219. The van der Waals surface area contributed by atoms with E-state index in [0.29, 0.717) is 42.0 Å². The maximum Gasteiger partial charge on any atom is 0.435 e. The van der Waals surface area contributed by atoms with Crippen LogP contribution in [0.25, 0.3) is 0 Å². The van der Waals surface area contributed by atoms with Gasteiger partial charge in [-0.2, -0.15) is 39.5 Å². The molecule has 2 aromatic carbocycles. The highest BCUT2D eigenvalue weighted by atomic mass is 33.1. The Morgan fingerprint density at radius 3 is 2.17 bits per heavy atom. The molecule has 7 nitrogen and oxygen atoms in total. The fourth-order valence-corrected chi connectivity index (χ4v) is 13.0. The van der Waals surface area contributed by atoms with Crippen molar-refractivity contribution in [3.05, 3.63) is 64.5 Å². The van der Waals surface area contributed by atoms with Crippen LogP contribution in [-0.4, -0.2) is 106 Å². The molecule has 398 valence electrons. The zero-order valence-corrected chi connectivity index (χ0v) is 42.4. The molecule has 1 aliphatic heterocycles. The lowest BCUT2D eigenvalue weighted by Gasteiger charge is -2.50. The van der Waals surface area contributed by atoms with Gasteiger partial charge >= 0.3 is 24.1 Å². The van der Waals surface area contributed by atoms with E-state index in [4.69, 9.17) is 23.7 Å². The number of alkyl halides is 9. The van der Waals surface area contributed by atoms with Crippen molar-refractivity contribution < 1.29 is 72.3 Å². The summed E-state index contributed by atoms with van der Waals surface area (Å²) in [6.07, 6.45) is -9.72. The summed E-state index contributed by atoms with van der Waals surface area (Å²) in [5.41, 5.74) is -2.73. The van der Waals surface area contributed by atoms with Gasteiger partial charge in [0.25, 0.3) is 0 Å². The molecule has 2 saturated carbocycles. The smallest absolute Gasteiger partial charge is 0.435 e. The number of unbranched alkanes of at least 4 members (excludes halogenated alkanes) is 3. The van der Waals surface area contributed by atoms with Gasteiger partial charge < -0.3 is 33.3 Å². The summed E-state index contributed by atoms with van der Waals surface area (Å²) in [4.78, 5) is 2.16. The predicted octanol–water partition coefficient (Wildman–Crippen LogP) is 14.0. The van der Waals surface area contributed by atoms with Crippen LogP contribution in [0.5, 0.6) is 5.75 Å². The second kappa shape index (κ2) is 25.0. The second-order valence-corrected chi connectivity index (χ2v) is 23.0. The number of hydrogen-bond donors (Lipinski definition) is 0. The number of halogens is 10. The fourth-order valence-electron chi connectivity index (χ4n) is 11.0. The number of hydrogen-bond acceptors (Lipinski definition) is 9. The van der Waals surface area contributed by atoms with Crippen LogP contribution in [0.2, 0.25) is 0 Å². The molecule has 3 aliphatic carbocycles. The van der Waals surface area contributed by atoms with Crippen molar-refractivity contribution in [2.75, 3.05) is 64.7 Å². The number of rotatable bonds is 26. The monoisotopic (exact) mass is 1050 g/mol. The first kappa shape index (κ1) is 57.3. The van der Waals surface area contributed by atoms with Crippen LogP contribution in [0.3, 0.4) is 0 Å². The van der Waals surface area contributed by atoms with Gasteiger partial charge in [0.05, 0.1) is 32.5 Å². The molecule has 0 spiro atoms. The SMILES string of the molecule is CN(CCCCCCSSCCOCCCC1COC(C)(C)OC1)Cc1ccc(COc2ccc3c(c2)CC[C@@H]2[C@@H]3CC[C@]3(C)[C@@H](OCCCOC(C(F)(F)F)(C(F)(F)F)C(F)(F)F)CC[C@@H]23)cc1F. The van der Waals surface area contributed by atoms with E-state index in [1.54, 1.807) is 6.07 Å². The van der Waals surface area contributed by atoms with Crippen LogP contribution in [0.15, 0.2) is 36.4 Å². The van der Waals surface area contributed by atoms with Gasteiger partial charge in [-0.05, 0) is 156 Å². The van der Waals surface area contributed by atoms with Gasteiger partial charge in [-0.1, -0.05) is 59.6 Å². The molecule has 4 aliphatic rings. The van der Waals surface area contributed by atoms with Crippen molar-refractivity contribution in [2.45, 2.75) is 159 Å². The van der Waals surface area contributed by atoms with E-state index in [2.05, 4.69) is 28.7 Å². The van der Waals surface area contributed by atoms with Crippen molar-refractivity contribution >= 4 is 21.6 Å². The third-order valence-corrected chi connectivity index (χ3v) is 17.3. The summed E-state index contributed by atoms with van der Waals surface area (Å²) in [7, 11) is 5.80. The Bertz CT molecular complexity index is 1890. The quantitative estimate of drug-likeness (QED) is 0.0521. The lowest BCUT2D eigenvalue weighted by atomic mass is 9.55. The van der Waals surface area contributed by atoms with Gasteiger partial charge in [0.1, 0.15) is 18.2 Å². The van der Waals surface area contributed by atoms with E-state index in [1.165, 1.54) is 24.0 Å². The van der Waals surface area contributed by atoms with Gasteiger partial charge in [0, 0.05) is 42.7 Å². The normalized spacial score (nSPS) is 24.2. The number of ether oxygens (including phenoxy) is 6. The van der Waals surface area contributed by atoms with E-state index in [-0.39, 0.29) is 36.5 Å². The maximum absolute atomic E-state index is 15.3. The average Bonchev–Trinajstić information content (AvgIpc) is 3.62. The van der Waals surface area contributed by atoms with Gasteiger partial charge in [0.15, 0.2) is 5.79 Å². The van der Waals surface area contributed by atoms with Crippen molar-refractivity contribution in [2.24, 2.45) is 23.2 Å². The molecule has 6 rings (SSSR count). The van der Waals surface area contributed by atoms with Gasteiger partial charge in [-0.15, -0.1) is 0 Å². The molecule has 2 aromatic rings. The molecule has 70 heavy (non-hydrogen) atoms. The molecular formula is C51H71F10NO6S2. The van der Waals surface area contributed by atoms with Crippen LogP contribution in [-0.2, 0) is 43.3 Å². The Labute approximate surface area is 414 Å². The van der Waals surface area contributed by atoms with E-state index in [0.717, 1.165) is 108 Å². The van der Waals surface area contributed by atoms with Crippen LogP contribution >= 0.6 is 21.6 Å². The molecule has 5 atom stereocenters. The zero-order chi connectivity index (χ0) is 50.8. The molecule has 19 heteroatoms. The summed E-state index contributed by atoms with van der Waals surface area (Å²) in [6, 6.07) is 11.4. The fraction of sp³-hybridized carbons (Fsp3) is 0.765. The molecule has 1 saturated heterocycles. The lowest BCUT2D eigenvalue weighted by molar-refractivity contribution is -0.457. The second-order valence-electron chi connectivity index (χ2n) is 20.3. The number of benzene rings is 2. The highest BCUT2D eigenvalue weighted by Crippen LogP contribution is 2.62. The first-order valence-corrected chi connectivity index (χ1v) is 27.3. The van der Waals surface area contributed by atoms with Crippen molar-refractivity contribution in [1.82, 2.24) is 4.90 Å². The first-order valence-electron chi connectivity index (χ1n) is 24.8. The minimum atomic E-state index is -6.76. The molecule has 0 N–H and O–H groups in total. The molecule has 3 fully saturated rings. The van der Waals surface area contributed by atoms with Crippen molar-refractivity contribution in [3.63, 3.8) is 0 Å². The summed E-state index contributed by atoms with van der Waals surface area (Å²) in [5, 5.41) is 0. The molecule has 0 aromatic heterocycles. The Hall–Kier alpha value is -2.00. The average molecular weight is 1050 g/mol. The van der Waals surface area contributed by atoms with E-state index >= 15 is 4.39 Å². The van der Waals surface area contributed by atoms with Gasteiger partial charge in [0.2, 0.25) is 0 Å². The molecule has 0 radical (unpaired) electrons. The Kier molecular flexibility index (Phi) is 20.5. The standard InChI is InChI=1S/C51H71F10NO6S2/c1-46(2)67-33-36(34-68-46)11-9-23-63-26-28-70-69-27-8-6-5-7-22-62(4)31-38-13-12-35(29-44(38)52)32-65-39-15-17-40-37(30-39)14-16-42-41(40)20-21-47(3)43(42)18-19-45(47)64-24-10-25-66-48(49(53,54)55,50(56,57)58)51(59,60)61/h12-13,15,17,29-30,36,41-43,45H,5-11,14,16,18-28,31-34H2,1-4H3/t41-,42-,43+,45+,47+/m1/s1. The summed E-state index contributed by atoms with van der Waals surface area (Å²) < 4.78 is 168. The Morgan fingerprint density at radius 1 is 0.743 bits per heavy atom. The Balaban J connectivity index is 0.838. The number of fused-ring (bicyclic) bond motifs is 5.